The molecule has 118 valence electrons. The van der Waals surface area contributed by atoms with Crippen LogP contribution in [0, 0.1) is 0 Å². The van der Waals surface area contributed by atoms with E-state index in [9.17, 15) is 8.42 Å². The molecule has 0 radical (unpaired) electrons. The van der Waals surface area contributed by atoms with Gasteiger partial charge in [0, 0.05) is 11.6 Å². The van der Waals surface area contributed by atoms with Crippen molar-refractivity contribution < 1.29 is 13.2 Å². The fourth-order valence-corrected chi connectivity index (χ4v) is 3.28. The van der Waals surface area contributed by atoms with E-state index in [1.807, 2.05) is 6.92 Å². The van der Waals surface area contributed by atoms with Gasteiger partial charge in [-0.25, -0.2) is 18.4 Å². The van der Waals surface area contributed by atoms with E-state index < -0.39 is 10.0 Å². The summed E-state index contributed by atoms with van der Waals surface area (Å²) in [5, 5.41) is 0.748. The quantitative estimate of drug-likeness (QED) is 0.771. The van der Waals surface area contributed by atoms with Crippen LogP contribution in [0.3, 0.4) is 0 Å². The minimum atomic E-state index is -3.80. The van der Waals surface area contributed by atoms with E-state index >= 15 is 0 Å². The summed E-state index contributed by atoms with van der Waals surface area (Å²) in [4.78, 5) is 12.1. The van der Waals surface area contributed by atoms with E-state index in [0.29, 0.717) is 12.1 Å². The van der Waals surface area contributed by atoms with E-state index in [0.717, 1.165) is 5.39 Å². The lowest BCUT2D eigenvalue weighted by atomic mass is 10.2. The van der Waals surface area contributed by atoms with Crippen molar-refractivity contribution in [2.75, 3.05) is 11.3 Å². The van der Waals surface area contributed by atoms with Crippen molar-refractivity contribution in [1.29, 1.82) is 0 Å². The smallest absolute Gasteiger partial charge is 0.316 e. The van der Waals surface area contributed by atoms with Gasteiger partial charge in [0.2, 0.25) is 0 Å². The number of para-hydroxylation sites is 1. The Morgan fingerprint density at radius 2 is 1.83 bits per heavy atom. The second-order valence-corrected chi connectivity index (χ2v) is 6.27. The predicted molar refractivity (Wildman–Crippen MR) is 85.8 cm³/mol. The zero-order chi connectivity index (χ0) is 16.3. The maximum absolute atomic E-state index is 12.6. The molecular formula is C15H14N4O3S. The Labute approximate surface area is 133 Å². The Bertz CT molecular complexity index is 922. The van der Waals surface area contributed by atoms with Gasteiger partial charge < -0.3 is 4.74 Å². The van der Waals surface area contributed by atoms with E-state index in [1.165, 1.54) is 18.5 Å². The van der Waals surface area contributed by atoms with E-state index in [1.54, 1.807) is 30.5 Å². The monoisotopic (exact) mass is 330 g/mol. The first kappa shape index (κ1) is 15.2. The number of pyridine rings is 1. The molecule has 0 saturated carbocycles. The van der Waals surface area contributed by atoms with Crippen LogP contribution in [0.5, 0.6) is 6.01 Å². The zero-order valence-corrected chi connectivity index (χ0v) is 13.1. The molecular weight excluding hydrogens is 316 g/mol. The first-order chi connectivity index (χ1) is 11.1. The van der Waals surface area contributed by atoms with Crippen LogP contribution in [-0.4, -0.2) is 30.0 Å². The maximum atomic E-state index is 12.6. The SMILES string of the molecule is CCOc1ncc(NS(=O)(=O)c2cccc3cccnc23)cn1. The fourth-order valence-electron chi connectivity index (χ4n) is 2.08. The molecule has 0 amide bonds. The number of nitrogens with one attached hydrogen (secondary N) is 1. The molecule has 0 aliphatic heterocycles. The van der Waals surface area contributed by atoms with Crippen molar-refractivity contribution in [3.8, 4) is 6.01 Å². The van der Waals surface area contributed by atoms with Crippen molar-refractivity contribution in [3.05, 3.63) is 48.9 Å². The minimum Gasteiger partial charge on any atom is -0.464 e. The molecule has 3 rings (SSSR count). The fraction of sp³-hybridized carbons (Fsp3) is 0.133. The number of hydrogen-bond donors (Lipinski definition) is 1. The molecule has 0 aliphatic carbocycles. The number of aromatic nitrogens is 3. The van der Waals surface area contributed by atoms with Gasteiger partial charge >= 0.3 is 6.01 Å². The molecule has 2 aromatic heterocycles. The van der Waals surface area contributed by atoms with Crippen molar-refractivity contribution in [2.24, 2.45) is 0 Å². The molecule has 1 aromatic carbocycles. The number of ether oxygens (including phenoxy) is 1. The van der Waals surface area contributed by atoms with Crippen LogP contribution in [0.1, 0.15) is 6.92 Å². The summed E-state index contributed by atoms with van der Waals surface area (Å²) in [6, 6.07) is 8.75. The molecule has 0 unspecified atom stereocenters. The van der Waals surface area contributed by atoms with Gasteiger partial charge in [0.15, 0.2) is 0 Å². The Kier molecular flexibility index (Phi) is 4.07. The van der Waals surface area contributed by atoms with Gasteiger partial charge in [-0.3, -0.25) is 9.71 Å². The second kappa shape index (κ2) is 6.17. The van der Waals surface area contributed by atoms with Crippen molar-refractivity contribution in [1.82, 2.24) is 15.0 Å². The number of rotatable bonds is 5. The van der Waals surface area contributed by atoms with Crippen molar-refractivity contribution in [3.63, 3.8) is 0 Å². The summed E-state index contributed by atoms with van der Waals surface area (Å²) in [5.41, 5.74) is 0.663. The normalized spacial score (nSPS) is 11.3. The molecule has 0 fully saturated rings. The molecule has 0 bridgehead atoms. The number of benzene rings is 1. The predicted octanol–water partition coefficient (Wildman–Crippen LogP) is 2.22. The lowest BCUT2D eigenvalue weighted by Gasteiger charge is -2.09. The second-order valence-electron chi connectivity index (χ2n) is 4.62. The van der Waals surface area contributed by atoms with Crippen molar-refractivity contribution >= 4 is 26.6 Å². The van der Waals surface area contributed by atoms with Crippen LogP contribution < -0.4 is 9.46 Å². The number of nitrogens with zero attached hydrogens (tertiary/aromatic N) is 3. The van der Waals surface area contributed by atoms with Gasteiger partial charge in [-0.1, -0.05) is 18.2 Å². The van der Waals surface area contributed by atoms with Crippen LogP contribution >= 0.6 is 0 Å². The molecule has 0 spiro atoms. The van der Waals surface area contributed by atoms with Gasteiger partial charge in [-0.05, 0) is 19.1 Å². The highest BCUT2D eigenvalue weighted by Gasteiger charge is 2.18. The van der Waals surface area contributed by atoms with Gasteiger partial charge in [-0.2, -0.15) is 0 Å². The first-order valence-corrected chi connectivity index (χ1v) is 8.40. The topological polar surface area (TPSA) is 94.1 Å². The summed E-state index contributed by atoms with van der Waals surface area (Å²) in [5.74, 6) is 0. The lowest BCUT2D eigenvalue weighted by molar-refractivity contribution is 0.312. The molecule has 0 saturated heterocycles. The Morgan fingerprint density at radius 1 is 1.09 bits per heavy atom. The largest absolute Gasteiger partial charge is 0.464 e. The first-order valence-electron chi connectivity index (χ1n) is 6.91. The Balaban J connectivity index is 1.94. The Hall–Kier alpha value is -2.74. The average molecular weight is 330 g/mol. The standard InChI is InChI=1S/C15H14N4O3S/c1-2-22-15-17-9-12(10-18-15)19-23(20,21)13-7-3-5-11-6-4-8-16-14(11)13/h3-10,19H,2H2,1H3. The number of anilines is 1. The third kappa shape index (κ3) is 3.21. The molecule has 23 heavy (non-hydrogen) atoms. The highest BCUT2D eigenvalue weighted by Crippen LogP contribution is 2.22. The summed E-state index contributed by atoms with van der Waals surface area (Å²) in [6.45, 7) is 2.25. The van der Waals surface area contributed by atoms with Gasteiger partial charge in [-0.15, -0.1) is 0 Å². The minimum absolute atomic E-state index is 0.101. The molecule has 3 aromatic rings. The summed E-state index contributed by atoms with van der Waals surface area (Å²) >= 11 is 0. The summed E-state index contributed by atoms with van der Waals surface area (Å²) in [7, 11) is -3.80. The molecule has 0 atom stereocenters. The van der Waals surface area contributed by atoms with E-state index in [4.69, 9.17) is 4.74 Å². The van der Waals surface area contributed by atoms with Crippen LogP contribution in [0.4, 0.5) is 5.69 Å². The molecule has 7 nitrogen and oxygen atoms in total. The third-order valence-corrected chi connectivity index (χ3v) is 4.45. The highest BCUT2D eigenvalue weighted by atomic mass is 32.2. The number of fused-ring (bicyclic) bond motifs is 1. The van der Waals surface area contributed by atoms with Gasteiger partial charge in [0.1, 0.15) is 4.90 Å². The van der Waals surface area contributed by atoms with Crippen molar-refractivity contribution in [2.45, 2.75) is 11.8 Å². The third-order valence-electron chi connectivity index (χ3n) is 3.04. The van der Waals surface area contributed by atoms with E-state index in [-0.39, 0.29) is 16.6 Å². The number of hydrogen-bond acceptors (Lipinski definition) is 6. The van der Waals surface area contributed by atoms with Crippen LogP contribution in [0.25, 0.3) is 10.9 Å². The van der Waals surface area contributed by atoms with Gasteiger partial charge in [0.05, 0.1) is 30.2 Å². The molecule has 2 heterocycles. The lowest BCUT2D eigenvalue weighted by Crippen LogP contribution is -2.14. The summed E-state index contributed by atoms with van der Waals surface area (Å²) < 4.78 is 32.7. The van der Waals surface area contributed by atoms with E-state index in [2.05, 4.69) is 19.7 Å². The molecule has 1 N–H and O–H groups in total. The molecule has 0 aliphatic rings. The van der Waals surface area contributed by atoms with Crippen LogP contribution in [0.15, 0.2) is 53.8 Å². The highest BCUT2D eigenvalue weighted by molar-refractivity contribution is 7.93. The molecule has 8 heteroatoms. The van der Waals surface area contributed by atoms with Crippen LogP contribution in [0.2, 0.25) is 0 Å². The summed E-state index contributed by atoms with van der Waals surface area (Å²) in [6.07, 6.45) is 4.27. The van der Waals surface area contributed by atoms with Crippen LogP contribution in [-0.2, 0) is 10.0 Å². The maximum Gasteiger partial charge on any atom is 0.316 e. The number of sulfonamides is 1. The van der Waals surface area contributed by atoms with Gasteiger partial charge in [0.25, 0.3) is 10.0 Å². The zero-order valence-electron chi connectivity index (χ0n) is 12.3. The average Bonchev–Trinajstić information content (AvgIpc) is 2.56. The Morgan fingerprint density at radius 3 is 2.57 bits per heavy atom.